The Bertz CT molecular complexity index is 526. The largest absolute Gasteiger partial charge is 0.381 e. The fourth-order valence-electron chi connectivity index (χ4n) is 1.91. The summed E-state index contributed by atoms with van der Waals surface area (Å²) in [5.74, 6) is 2.44. The highest BCUT2D eigenvalue weighted by Gasteiger charge is 2.24. The second kappa shape index (κ2) is 4.53. The van der Waals surface area contributed by atoms with Crippen LogP contribution in [-0.4, -0.2) is 28.5 Å². The summed E-state index contributed by atoms with van der Waals surface area (Å²) in [5.41, 5.74) is 0.594. The molecular formula is C12H15N3O3. The molecule has 0 amide bonds. The van der Waals surface area contributed by atoms with E-state index in [2.05, 4.69) is 15.3 Å². The van der Waals surface area contributed by atoms with Gasteiger partial charge in [-0.25, -0.2) is 0 Å². The van der Waals surface area contributed by atoms with E-state index >= 15 is 0 Å². The molecule has 6 nitrogen and oxygen atoms in total. The molecule has 1 aliphatic rings. The van der Waals surface area contributed by atoms with Gasteiger partial charge in [0.05, 0.1) is 6.61 Å². The molecule has 0 radical (unpaired) electrons. The molecular weight excluding hydrogens is 234 g/mol. The SMILES string of the molecule is CC(C)c1cc(-c2nc([C@H]3CCOC3)no2)no1. The minimum atomic E-state index is 0.235. The molecule has 6 heteroatoms. The molecule has 3 rings (SSSR count). The Morgan fingerprint density at radius 2 is 2.17 bits per heavy atom. The monoisotopic (exact) mass is 249 g/mol. The molecule has 0 unspecified atom stereocenters. The van der Waals surface area contributed by atoms with E-state index in [0.717, 1.165) is 18.8 Å². The molecule has 18 heavy (non-hydrogen) atoms. The van der Waals surface area contributed by atoms with E-state index in [9.17, 15) is 0 Å². The van der Waals surface area contributed by atoms with Crippen molar-refractivity contribution < 1.29 is 13.8 Å². The zero-order valence-electron chi connectivity index (χ0n) is 10.4. The lowest BCUT2D eigenvalue weighted by Gasteiger charge is -1.97. The van der Waals surface area contributed by atoms with Crippen molar-refractivity contribution in [1.82, 2.24) is 15.3 Å². The fourth-order valence-corrected chi connectivity index (χ4v) is 1.91. The van der Waals surface area contributed by atoms with Crippen molar-refractivity contribution in [2.45, 2.75) is 32.1 Å². The van der Waals surface area contributed by atoms with Crippen LogP contribution in [0.25, 0.3) is 11.6 Å². The van der Waals surface area contributed by atoms with Crippen LogP contribution < -0.4 is 0 Å². The number of hydrogen-bond acceptors (Lipinski definition) is 6. The van der Waals surface area contributed by atoms with E-state index in [1.807, 2.05) is 19.9 Å². The van der Waals surface area contributed by atoms with Crippen LogP contribution in [0.1, 0.15) is 43.7 Å². The molecule has 1 aliphatic heterocycles. The summed E-state index contributed by atoms with van der Waals surface area (Å²) in [4.78, 5) is 4.35. The van der Waals surface area contributed by atoms with Gasteiger partial charge in [-0.1, -0.05) is 24.2 Å². The average Bonchev–Trinajstić information content (AvgIpc) is 3.10. The van der Waals surface area contributed by atoms with Crippen LogP contribution in [0.3, 0.4) is 0 Å². The summed E-state index contributed by atoms with van der Waals surface area (Å²) in [6.45, 7) is 5.50. The van der Waals surface area contributed by atoms with E-state index in [1.54, 1.807) is 0 Å². The number of rotatable bonds is 3. The molecule has 0 N–H and O–H groups in total. The normalized spacial score (nSPS) is 19.8. The van der Waals surface area contributed by atoms with E-state index in [1.165, 1.54) is 0 Å². The first kappa shape index (κ1) is 11.4. The molecule has 1 atom stereocenters. The summed E-state index contributed by atoms with van der Waals surface area (Å²) in [6.07, 6.45) is 0.940. The first-order valence-electron chi connectivity index (χ1n) is 6.12. The number of ether oxygens (including phenoxy) is 1. The number of hydrogen-bond donors (Lipinski definition) is 0. The average molecular weight is 249 g/mol. The van der Waals surface area contributed by atoms with Crippen LogP contribution in [0.5, 0.6) is 0 Å². The quantitative estimate of drug-likeness (QED) is 0.831. The highest BCUT2D eigenvalue weighted by Crippen LogP contribution is 2.26. The van der Waals surface area contributed by atoms with Gasteiger partial charge < -0.3 is 13.8 Å². The van der Waals surface area contributed by atoms with Gasteiger partial charge in [0, 0.05) is 24.5 Å². The predicted octanol–water partition coefficient (Wildman–Crippen LogP) is 2.35. The Balaban J connectivity index is 1.83. The Morgan fingerprint density at radius 3 is 2.83 bits per heavy atom. The highest BCUT2D eigenvalue weighted by molar-refractivity contribution is 5.46. The van der Waals surface area contributed by atoms with Gasteiger partial charge in [0.1, 0.15) is 5.76 Å². The Morgan fingerprint density at radius 1 is 1.28 bits per heavy atom. The van der Waals surface area contributed by atoms with Gasteiger partial charge in [0.2, 0.25) is 0 Å². The van der Waals surface area contributed by atoms with Gasteiger partial charge in [-0.3, -0.25) is 0 Å². The van der Waals surface area contributed by atoms with Gasteiger partial charge in [0.25, 0.3) is 5.89 Å². The first-order valence-corrected chi connectivity index (χ1v) is 6.12. The maximum Gasteiger partial charge on any atom is 0.280 e. The summed E-state index contributed by atoms with van der Waals surface area (Å²) in [5, 5.41) is 7.93. The Hall–Kier alpha value is -1.69. The van der Waals surface area contributed by atoms with Crippen molar-refractivity contribution in [1.29, 1.82) is 0 Å². The van der Waals surface area contributed by atoms with Crippen LogP contribution in [-0.2, 0) is 4.74 Å². The second-order valence-electron chi connectivity index (χ2n) is 4.79. The van der Waals surface area contributed by atoms with E-state index in [0.29, 0.717) is 24.0 Å². The molecule has 1 fully saturated rings. The molecule has 96 valence electrons. The maximum absolute atomic E-state index is 5.31. The van der Waals surface area contributed by atoms with Crippen LogP contribution in [0.2, 0.25) is 0 Å². The Kier molecular flexibility index (Phi) is 2.87. The zero-order valence-corrected chi connectivity index (χ0v) is 10.4. The lowest BCUT2D eigenvalue weighted by Crippen LogP contribution is -1.99. The van der Waals surface area contributed by atoms with Crippen molar-refractivity contribution in [2.24, 2.45) is 0 Å². The third-order valence-electron chi connectivity index (χ3n) is 3.05. The molecule has 2 aromatic heterocycles. The number of aromatic nitrogens is 3. The molecule has 1 saturated heterocycles. The minimum Gasteiger partial charge on any atom is -0.381 e. The summed E-state index contributed by atoms with van der Waals surface area (Å²) >= 11 is 0. The van der Waals surface area contributed by atoms with Crippen LogP contribution in [0, 0.1) is 0 Å². The first-order chi connectivity index (χ1) is 8.74. The zero-order chi connectivity index (χ0) is 12.5. The van der Waals surface area contributed by atoms with Crippen LogP contribution >= 0.6 is 0 Å². The highest BCUT2D eigenvalue weighted by atomic mass is 16.5. The van der Waals surface area contributed by atoms with Crippen molar-refractivity contribution in [2.75, 3.05) is 13.2 Å². The van der Waals surface area contributed by atoms with Gasteiger partial charge >= 0.3 is 0 Å². The fraction of sp³-hybridized carbons (Fsp3) is 0.583. The van der Waals surface area contributed by atoms with E-state index in [-0.39, 0.29) is 11.8 Å². The molecule has 0 aliphatic carbocycles. The van der Waals surface area contributed by atoms with E-state index in [4.69, 9.17) is 13.8 Å². The smallest absolute Gasteiger partial charge is 0.280 e. The lowest BCUT2D eigenvalue weighted by molar-refractivity contribution is 0.192. The number of nitrogens with zero attached hydrogens (tertiary/aromatic N) is 3. The molecule has 0 aromatic carbocycles. The third kappa shape index (κ3) is 2.03. The van der Waals surface area contributed by atoms with Crippen LogP contribution in [0.15, 0.2) is 15.1 Å². The topological polar surface area (TPSA) is 74.2 Å². The molecule has 0 saturated carbocycles. The van der Waals surface area contributed by atoms with Gasteiger partial charge in [-0.2, -0.15) is 4.98 Å². The summed E-state index contributed by atoms with van der Waals surface area (Å²) in [6, 6.07) is 1.84. The van der Waals surface area contributed by atoms with Gasteiger partial charge in [0.15, 0.2) is 11.5 Å². The van der Waals surface area contributed by atoms with Crippen molar-refractivity contribution in [3.8, 4) is 11.6 Å². The predicted molar refractivity (Wildman–Crippen MR) is 62.1 cm³/mol. The Labute approximate surface area is 104 Å². The third-order valence-corrected chi connectivity index (χ3v) is 3.05. The summed E-state index contributed by atoms with van der Waals surface area (Å²) < 4.78 is 15.7. The van der Waals surface area contributed by atoms with Gasteiger partial charge in [-0.15, -0.1) is 0 Å². The molecule has 3 heterocycles. The second-order valence-corrected chi connectivity index (χ2v) is 4.79. The van der Waals surface area contributed by atoms with Crippen molar-refractivity contribution in [3.05, 3.63) is 17.7 Å². The summed E-state index contributed by atoms with van der Waals surface area (Å²) in [7, 11) is 0. The maximum atomic E-state index is 5.31. The lowest BCUT2D eigenvalue weighted by atomic mass is 10.1. The van der Waals surface area contributed by atoms with Crippen LogP contribution in [0.4, 0.5) is 0 Å². The van der Waals surface area contributed by atoms with Crippen molar-refractivity contribution in [3.63, 3.8) is 0 Å². The molecule has 2 aromatic rings. The molecule has 0 spiro atoms. The molecule has 0 bridgehead atoms. The van der Waals surface area contributed by atoms with Crippen molar-refractivity contribution >= 4 is 0 Å². The van der Waals surface area contributed by atoms with Gasteiger partial charge in [-0.05, 0) is 6.42 Å². The van der Waals surface area contributed by atoms with E-state index < -0.39 is 0 Å². The standard InChI is InChI=1S/C12H15N3O3/c1-7(2)10-5-9(14-17-10)12-13-11(15-18-12)8-3-4-16-6-8/h5,7-8H,3-4,6H2,1-2H3/t8-/m0/s1. The minimum absolute atomic E-state index is 0.235.